The van der Waals surface area contributed by atoms with Crippen molar-refractivity contribution in [1.82, 2.24) is 9.55 Å². The molecule has 0 bridgehead atoms. The van der Waals surface area contributed by atoms with Crippen LogP contribution in [0.2, 0.25) is 0 Å². The lowest BCUT2D eigenvalue weighted by Crippen LogP contribution is -2.26. The average Bonchev–Trinajstić information content (AvgIpc) is 2.89. The maximum Gasteiger partial charge on any atom is 0.267 e. The van der Waals surface area contributed by atoms with Crippen LogP contribution in [0.15, 0.2) is 34.2 Å². The van der Waals surface area contributed by atoms with E-state index in [1.165, 1.54) is 23.1 Å². The van der Waals surface area contributed by atoms with E-state index >= 15 is 0 Å². The first-order valence-corrected chi connectivity index (χ1v) is 11.4. The molecule has 3 aromatic rings. The van der Waals surface area contributed by atoms with E-state index < -0.39 is 11.2 Å². The number of thioether (sulfide) groups is 1. The number of ether oxygens (including phenoxy) is 1. The summed E-state index contributed by atoms with van der Waals surface area (Å²) >= 11 is 2.83. The molecule has 152 valence electrons. The van der Waals surface area contributed by atoms with Gasteiger partial charge in [-0.25, -0.2) is 4.98 Å². The van der Waals surface area contributed by atoms with Crippen LogP contribution < -0.4 is 16.0 Å². The summed E-state index contributed by atoms with van der Waals surface area (Å²) in [6, 6.07) is 7.29. The third kappa shape index (κ3) is 3.79. The van der Waals surface area contributed by atoms with Crippen molar-refractivity contribution in [2.75, 3.05) is 7.11 Å². The van der Waals surface area contributed by atoms with Crippen LogP contribution in [0.5, 0.6) is 5.75 Å². The molecule has 1 aliphatic carbocycles. The number of aromatic nitrogens is 2. The van der Waals surface area contributed by atoms with Gasteiger partial charge in [0.15, 0.2) is 5.16 Å². The third-order valence-electron chi connectivity index (χ3n) is 5.22. The second-order valence-corrected chi connectivity index (χ2v) is 9.53. The Hall–Kier alpha value is -2.32. The normalized spacial score (nSPS) is 15.0. The molecular formula is C21H23N3O3S2. The van der Waals surface area contributed by atoms with Crippen molar-refractivity contribution in [3.05, 3.63) is 45.1 Å². The van der Waals surface area contributed by atoms with Gasteiger partial charge in [-0.3, -0.25) is 14.2 Å². The zero-order chi connectivity index (χ0) is 20.5. The van der Waals surface area contributed by atoms with E-state index in [9.17, 15) is 9.59 Å². The van der Waals surface area contributed by atoms with Crippen molar-refractivity contribution >= 4 is 39.2 Å². The van der Waals surface area contributed by atoms with E-state index in [1.807, 2.05) is 24.3 Å². The molecule has 29 heavy (non-hydrogen) atoms. The maximum atomic E-state index is 13.7. The number of methoxy groups -OCH3 is 1. The number of hydrogen-bond acceptors (Lipinski definition) is 6. The molecule has 2 N–H and O–H groups in total. The first kappa shape index (κ1) is 20.0. The van der Waals surface area contributed by atoms with Crippen LogP contribution >= 0.6 is 23.1 Å². The van der Waals surface area contributed by atoms with E-state index in [0.717, 1.165) is 41.5 Å². The van der Waals surface area contributed by atoms with Crippen molar-refractivity contribution in [2.45, 2.75) is 49.4 Å². The molecule has 8 heteroatoms. The van der Waals surface area contributed by atoms with E-state index in [1.54, 1.807) is 29.9 Å². The number of thiophene rings is 1. The number of rotatable bonds is 5. The molecule has 0 fully saturated rings. The minimum absolute atomic E-state index is 0.0845. The van der Waals surface area contributed by atoms with Gasteiger partial charge in [0.25, 0.3) is 5.56 Å². The number of amides is 1. The second-order valence-electron chi connectivity index (χ2n) is 7.14. The molecule has 0 aliphatic heterocycles. The summed E-state index contributed by atoms with van der Waals surface area (Å²) in [7, 11) is 1.60. The number of hydrogen-bond donors (Lipinski definition) is 1. The fourth-order valence-corrected chi connectivity index (χ4v) is 5.80. The molecule has 0 spiro atoms. The van der Waals surface area contributed by atoms with Gasteiger partial charge in [0.1, 0.15) is 10.6 Å². The third-order valence-corrected chi connectivity index (χ3v) is 7.48. The summed E-state index contributed by atoms with van der Waals surface area (Å²) in [5, 5.41) is 0.704. The van der Waals surface area contributed by atoms with Crippen LogP contribution in [0.3, 0.4) is 0 Å². The first-order valence-electron chi connectivity index (χ1n) is 9.67. The van der Waals surface area contributed by atoms with Gasteiger partial charge in [0.05, 0.1) is 23.4 Å². The highest BCUT2D eigenvalue weighted by Crippen LogP contribution is 2.35. The average molecular weight is 430 g/mol. The molecule has 1 amide bonds. The summed E-state index contributed by atoms with van der Waals surface area (Å²) in [5.41, 5.74) is 7.23. The fraction of sp³-hybridized carbons (Fsp3) is 0.381. The molecule has 2 heterocycles. The summed E-state index contributed by atoms with van der Waals surface area (Å²) in [6.45, 7) is 1.73. The minimum atomic E-state index is -0.498. The predicted octanol–water partition coefficient (Wildman–Crippen LogP) is 3.69. The summed E-state index contributed by atoms with van der Waals surface area (Å²) in [4.78, 5) is 32.2. The van der Waals surface area contributed by atoms with Crippen molar-refractivity contribution in [3.63, 3.8) is 0 Å². The number of fused-ring (bicyclic) bond motifs is 3. The number of benzene rings is 1. The Morgan fingerprint density at radius 2 is 1.97 bits per heavy atom. The molecule has 0 saturated carbocycles. The van der Waals surface area contributed by atoms with Crippen LogP contribution in [-0.2, 0) is 17.6 Å². The van der Waals surface area contributed by atoms with Gasteiger partial charge in [-0.15, -0.1) is 11.3 Å². The fourth-order valence-electron chi connectivity index (χ4n) is 3.62. The number of nitrogens with zero attached hydrogens (tertiary/aromatic N) is 2. The topological polar surface area (TPSA) is 87.2 Å². The van der Waals surface area contributed by atoms with E-state index in [-0.39, 0.29) is 5.56 Å². The van der Waals surface area contributed by atoms with Crippen LogP contribution in [0.4, 0.5) is 0 Å². The summed E-state index contributed by atoms with van der Waals surface area (Å²) in [5.74, 6) is 0.271. The number of carbonyl (C=O) groups excluding carboxylic acids is 1. The molecule has 0 saturated heterocycles. The maximum absolute atomic E-state index is 13.7. The Labute approximate surface area is 177 Å². The van der Waals surface area contributed by atoms with Gasteiger partial charge in [-0.05, 0) is 62.4 Å². The second kappa shape index (κ2) is 8.20. The van der Waals surface area contributed by atoms with Gasteiger partial charge < -0.3 is 10.5 Å². The lowest BCUT2D eigenvalue weighted by Gasteiger charge is -2.15. The van der Waals surface area contributed by atoms with Gasteiger partial charge >= 0.3 is 0 Å². The lowest BCUT2D eigenvalue weighted by atomic mass is 10.1. The SMILES string of the molecule is COc1ccc(-n2c(S[C@H](C)C(N)=O)nc3sc4c(c3c2=O)CCCCC4)cc1. The highest BCUT2D eigenvalue weighted by molar-refractivity contribution is 8.00. The molecule has 0 unspecified atom stereocenters. The Bertz CT molecular complexity index is 1120. The zero-order valence-electron chi connectivity index (χ0n) is 16.4. The van der Waals surface area contributed by atoms with Crippen LogP contribution in [-0.4, -0.2) is 27.8 Å². The highest BCUT2D eigenvalue weighted by Gasteiger charge is 2.24. The predicted molar refractivity (Wildman–Crippen MR) is 118 cm³/mol. The smallest absolute Gasteiger partial charge is 0.267 e. The Morgan fingerprint density at radius 3 is 2.66 bits per heavy atom. The monoisotopic (exact) mass is 429 g/mol. The Morgan fingerprint density at radius 1 is 1.24 bits per heavy atom. The molecule has 1 atom stereocenters. The summed E-state index contributed by atoms with van der Waals surface area (Å²) < 4.78 is 6.84. The van der Waals surface area contributed by atoms with Crippen molar-refractivity contribution in [3.8, 4) is 11.4 Å². The molecule has 0 radical (unpaired) electrons. The first-order chi connectivity index (χ1) is 14.0. The molecule has 2 aromatic heterocycles. The van der Waals surface area contributed by atoms with Crippen molar-refractivity contribution in [1.29, 1.82) is 0 Å². The van der Waals surface area contributed by atoms with Gasteiger partial charge in [0, 0.05) is 4.88 Å². The van der Waals surface area contributed by atoms with E-state index in [4.69, 9.17) is 15.5 Å². The van der Waals surface area contributed by atoms with Crippen LogP contribution in [0.25, 0.3) is 15.9 Å². The highest BCUT2D eigenvalue weighted by atomic mass is 32.2. The number of carbonyl (C=O) groups is 1. The van der Waals surface area contributed by atoms with E-state index in [2.05, 4.69) is 0 Å². The largest absolute Gasteiger partial charge is 0.497 e. The van der Waals surface area contributed by atoms with Crippen LogP contribution in [0, 0.1) is 0 Å². The number of primary amides is 1. The van der Waals surface area contributed by atoms with Crippen molar-refractivity contribution < 1.29 is 9.53 Å². The van der Waals surface area contributed by atoms with Crippen LogP contribution in [0.1, 0.15) is 36.6 Å². The van der Waals surface area contributed by atoms with Gasteiger partial charge in [0.2, 0.25) is 5.91 Å². The summed E-state index contributed by atoms with van der Waals surface area (Å²) in [6.07, 6.45) is 5.34. The molecule has 4 rings (SSSR count). The minimum Gasteiger partial charge on any atom is -0.497 e. The zero-order valence-corrected chi connectivity index (χ0v) is 18.1. The number of nitrogens with two attached hydrogens (primary N) is 1. The number of aryl methyl sites for hydroxylation is 2. The van der Waals surface area contributed by atoms with E-state index in [0.29, 0.717) is 16.6 Å². The standard InChI is InChI=1S/C21H23N3O3S2/c1-12(18(22)25)28-21-23-19-17(15-6-4-3-5-7-16(15)29-19)20(26)24(21)13-8-10-14(27-2)11-9-13/h8-12H,3-7H2,1-2H3,(H2,22,25)/t12-/m1/s1. The molecular weight excluding hydrogens is 406 g/mol. The molecule has 1 aromatic carbocycles. The molecule has 1 aliphatic rings. The molecule has 6 nitrogen and oxygen atoms in total. The van der Waals surface area contributed by atoms with Gasteiger partial charge in [-0.1, -0.05) is 18.2 Å². The van der Waals surface area contributed by atoms with Gasteiger partial charge in [-0.2, -0.15) is 0 Å². The Kier molecular flexibility index (Phi) is 5.65. The van der Waals surface area contributed by atoms with Crippen molar-refractivity contribution in [2.24, 2.45) is 5.73 Å². The Balaban J connectivity index is 1.95. The quantitative estimate of drug-likeness (QED) is 0.380. The lowest BCUT2D eigenvalue weighted by molar-refractivity contribution is -0.117.